The maximum absolute atomic E-state index is 14.7. The van der Waals surface area contributed by atoms with E-state index >= 15 is 0 Å². The number of piperidine rings is 1. The minimum atomic E-state index is -0.743. The standard InChI is InChI=1S/C33H32FN5O3/c1-22-30-29(24-13-15-25(16-14-24)42-27-12-8-11-26(41-2)28(27)34)37-31(38(30)20-18-36-22)33(21-23-9-4-3-5-10-23)17-6-7-19-39(33)32(35)40/h3-5,8-16,18,20H,6-7,17,19,21H2,1-2H3,(H2,35,40)/t33-/m0/s1. The predicted molar refractivity (Wildman–Crippen MR) is 158 cm³/mol. The van der Waals surface area contributed by atoms with Gasteiger partial charge in [-0.3, -0.25) is 9.38 Å². The topological polar surface area (TPSA) is 95.0 Å². The van der Waals surface area contributed by atoms with Gasteiger partial charge in [0.05, 0.1) is 24.0 Å². The van der Waals surface area contributed by atoms with Crippen molar-refractivity contribution >= 4 is 11.5 Å². The maximum atomic E-state index is 14.7. The molecule has 1 saturated heterocycles. The minimum absolute atomic E-state index is 0.0727. The lowest BCUT2D eigenvalue weighted by atomic mass is 9.80. The Morgan fingerprint density at radius 3 is 2.52 bits per heavy atom. The first-order valence-electron chi connectivity index (χ1n) is 14.0. The van der Waals surface area contributed by atoms with Crippen LogP contribution in [0.1, 0.15) is 36.3 Å². The zero-order valence-corrected chi connectivity index (χ0v) is 23.6. The summed E-state index contributed by atoms with van der Waals surface area (Å²) in [6, 6.07) is 21.8. The quantitative estimate of drug-likeness (QED) is 0.239. The fourth-order valence-corrected chi connectivity index (χ4v) is 6.05. The van der Waals surface area contributed by atoms with Crippen LogP contribution >= 0.6 is 0 Å². The number of imidazole rings is 1. The van der Waals surface area contributed by atoms with Crippen molar-refractivity contribution in [3.8, 4) is 28.5 Å². The number of aromatic nitrogens is 3. The lowest BCUT2D eigenvalue weighted by Crippen LogP contribution is -2.56. The Hall–Kier alpha value is -4.92. The Bertz CT molecular complexity index is 1740. The Kier molecular flexibility index (Phi) is 7.24. The number of primary amides is 1. The van der Waals surface area contributed by atoms with Crippen LogP contribution in [-0.4, -0.2) is 39.0 Å². The fraction of sp³-hybridized carbons (Fsp3) is 0.242. The number of urea groups is 1. The number of amides is 2. The number of ether oxygens (including phenoxy) is 2. The molecule has 0 unspecified atom stereocenters. The number of carbonyl (C=O) groups is 1. The maximum Gasteiger partial charge on any atom is 0.315 e. The van der Waals surface area contributed by atoms with Gasteiger partial charge in [0.25, 0.3) is 0 Å². The molecule has 42 heavy (non-hydrogen) atoms. The zero-order chi connectivity index (χ0) is 29.3. The average molecular weight is 566 g/mol. The van der Waals surface area contributed by atoms with Gasteiger partial charge in [-0.15, -0.1) is 0 Å². The summed E-state index contributed by atoms with van der Waals surface area (Å²) in [6.07, 6.45) is 6.78. The molecular formula is C33H32FN5O3. The van der Waals surface area contributed by atoms with Crippen molar-refractivity contribution in [3.63, 3.8) is 0 Å². The van der Waals surface area contributed by atoms with Gasteiger partial charge in [0.1, 0.15) is 17.1 Å². The number of aryl methyl sites for hydroxylation is 1. The molecule has 0 radical (unpaired) electrons. The number of halogens is 1. The minimum Gasteiger partial charge on any atom is -0.494 e. The highest BCUT2D eigenvalue weighted by Crippen LogP contribution is 2.42. The van der Waals surface area contributed by atoms with Gasteiger partial charge in [-0.2, -0.15) is 4.39 Å². The van der Waals surface area contributed by atoms with Gasteiger partial charge in [0.15, 0.2) is 11.5 Å². The SMILES string of the molecule is COc1cccc(Oc2ccc(-c3nc([C@@]4(Cc5ccccc5)CCCCN4C(N)=O)n4ccnc(C)c34)cc2)c1F. The largest absolute Gasteiger partial charge is 0.494 e. The summed E-state index contributed by atoms with van der Waals surface area (Å²) in [4.78, 5) is 24.5. The molecule has 9 heteroatoms. The molecule has 6 rings (SSSR count). The Morgan fingerprint density at radius 2 is 1.79 bits per heavy atom. The molecule has 0 aliphatic carbocycles. The van der Waals surface area contributed by atoms with Crippen LogP contribution in [0.15, 0.2) is 85.2 Å². The number of nitrogens with zero attached hydrogens (tertiary/aromatic N) is 4. The monoisotopic (exact) mass is 565 g/mol. The Morgan fingerprint density at radius 1 is 1.02 bits per heavy atom. The second kappa shape index (κ2) is 11.2. The van der Waals surface area contributed by atoms with Gasteiger partial charge < -0.3 is 20.1 Å². The van der Waals surface area contributed by atoms with Crippen molar-refractivity contribution in [1.82, 2.24) is 19.3 Å². The smallest absolute Gasteiger partial charge is 0.315 e. The number of rotatable bonds is 7. The summed E-state index contributed by atoms with van der Waals surface area (Å²) in [5.41, 5.74) is 9.61. The van der Waals surface area contributed by atoms with E-state index in [1.165, 1.54) is 7.11 Å². The highest BCUT2D eigenvalue weighted by atomic mass is 19.1. The summed E-state index contributed by atoms with van der Waals surface area (Å²) >= 11 is 0. The first kappa shape index (κ1) is 27.3. The van der Waals surface area contributed by atoms with Crippen LogP contribution in [0.4, 0.5) is 9.18 Å². The van der Waals surface area contributed by atoms with E-state index < -0.39 is 17.4 Å². The van der Waals surface area contributed by atoms with E-state index in [9.17, 15) is 9.18 Å². The fourth-order valence-electron chi connectivity index (χ4n) is 6.05. The molecule has 0 saturated carbocycles. The molecule has 1 aliphatic rings. The van der Waals surface area contributed by atoms with Gasteiger partial charge in [-0.05, 0) is 68.1 Å². The van der Waals surface area contributed by atoms with Crippen LogP contribution in [0, 0.1) is 12.7 Å². The molecule has 214 valence electrons. The van der Waals surface area contributed by atoms with Crippen molar-refractivity contribution in [1.29, 1.82) is 0 Å². The van der Waals surface area contributed by atoms with Crippen LogP contribution in [0.3, 0.4) is 0 Å². The number of hydrogen-bond donors (Lipinski definition) is 1. The molecule has 3 heterocycles. The van der Waals surface area contributed by atoms with E-state index in [4.69, 9.17) is 20.2 Å². The molecule has 2 N–H and O–H groups in total. The second-order valence-electron chi connectivity index (χ2n) is 10.6. The number of hydrogen-bond acceptors (Lipinski definition) is 5. The molecule has 1 atom stereocenters. The second-order valence-corrected chi connectivity index (χ2v) is 10.6. The summed E-state index contributed by atoms with van der Waals surface area (Å²) in [6.45, 7) is 2.51. The van der Waals surface area contributed by atoms with E-state index in [1.807, 2.05) is 43.5 Å². The Balaban J connectivity index is 1.46. The number of benzene rings is 3. The van der Waals surface area contributed by atoms with Gasteiger partial charge >= 0.3 is 6.03 Å². The highest BCUT2D eigenvalue weighted by Gasteiger charge is 2.46. The van der Waals surface area contributed by atoms with Crippen LogP contribution in [0.5, 0.6) is 17.2 Å². The average Bonchev–Trinajstić information content (AvgIpc) is 3.41. The van der Waals surface area contributed by atoms with E-state index in [0.29, 0.717) is 18.7 Å². The van der Waals surface area contributed by atoms with Gasteiger partial charge in [0, 0.05) is 30.9 Å². The third-order valence-corrected chi connectivity index (χ3v) is 8.00. The number of likely N-dealkylation sites (tertiary alicyclic amines) is 1. The van der Waals surface area contributed by atoms with Crippen molar-refractivity contribution in [3.05, 3.63) is 108 Å². The van der Waals surface area contributed by atoms with Crippen molar-refractivity contribution in [2.45, 2.75) is 38.1 Å². The molecule has 1 fully saturated rings. The highest BCUT2D eigenvalue weighted by molar-refractivity contribution is 5.80. The van der Waals surface area contributed by atoms with Gasteiger partial charge in [-0.1, -0.05) is 36.4 Å². The number of fused-ring (bicyclic) bond motifs is 1. The third-order valence-electron chi connectivity index (χ3n) is 8.00. The molecule has 5 aromatic rings. The summed E-state index contributed by atoms with van der Waals surface area (Å²) in [5, 5.41) is 0. The molecule has 2 amide bonds. The van der Waals surface area contributed by atoms with Gasteiger partial charge in [-0.25, -0.2) is 9.78 Å². The predicted octanol–water partition coefficient (Wildman–Crippen LogP) is 6.65. The van der Waals surface area contributed by atoms with E-state index in [1.54, 1.807) is 41.4 Å². The van der Waals surface area contributed by atoms with Crippen molar-refractivity contribution < 1.29 is 18.7 Å². The first-order chi connectivity index (χ1) is 20.4. The number of nitrogens with two attached hydrogens (primary N) is 1. The number of carbonyl (C=O) groups excluding carboxylic acids is 1. The Labute approximate surface area is 243 Å². The third kappa shape index (κ3) is 4.81. The lowest BCUT2D eigenvalue weighted by molar-refractivity contribution is 0.0712. The van der Waals surface area contributed by atoms with Crippen molar-refractivity contribution in [2.24, 2.45) is 5.73 Å². The first-order valence-corrected chi connectivity index (χ1v) is 14.0. The molecule has 1 aliphatic heterocycles. The molecule has 2 aromatic heterocycles. The summed E-state index contributed by atoms with van der Waals surface area (Å²) in [5.74, 6) is 0.840. The van der Waals surface area contributed by atoms with E-state index in [2.05, 4.69) is 21.5 Å². The van der Waals surface area contributed by atoms with Crippen LogP contribution < -0.4 is 15.2 Å². The summed E-state index contributed by atoms with van der Waals surface area (Å²) in [7, 11) is 1.41. The van der Waals surface area contributed by atoms with Crippen molar-refractivity contribution in [2.75, 3.05) is 13.7 Å². The van der Waals surface area contributed by atoms with Gasteiger partial charge in [0.2, 0.25) is 5.82 Å². The molecule has 3 aromatic carbocycles. The van der Waals surface area contributed by atoms with Crippen LogP contribution in [0.25, 0.3) is 16.8 Å². The van der Waals surface area contributed by atoms with Crippen LogP contribution in [0.2, 0.25) is 0 Å². The lowest BCUT2D eigenvalue weighted by Gasteiger charge is -2.45. The normalized spacial score (nSPS) is 16.9. The zero-order valence-electron chi connectivity index (χ0n) is 23.6. The molecule has 0 spiro atoms. The van der Waals surface area contributed by atoms with Crippen LogP contribution in [-0.2, 0) is 12.0 Å². The molecular weight excluding hydrogens is 533 g/mol. The van der Waals surface area contributed by atoms with E-state index in [0.717, 1.165) is 53.1 Å². The molecule has 8 nitrogen and oxygen atoms in total. The van der Waals surface area contributed by atoms with E-state index in [-0.39, 0.29) is 11.5 Å². The summed E-state index contributed by atoms with van der Waals surface area (Å²) < 4.78 is 27.6. The number of methoxy groups -OCH3 is 1. The molecule has 0 bridgehead atoms.